The summed E-state index contributed by atoms with van der Waals surface area (Å²) in [4.78, 5) is 13.4. The zero-order valence-electron chi connectivity index (χ0n) is 12.5. The van der Waals surface area contributed by atoms with Crippen molar-refractivity contribution < 1.29 is 9.53 Å². The Labute approximate surface area is 153 Å². The van der Waals surface area contributed by atoms with Gasteiger partial charge in [0.2, 0.25) is 0 Å². The van der Waals surface area contributed by atoms with Gasteiger partial charge in [-0.25, -0.2) is 4.79 Å². The number of nitrogens with zero attached hydrogens (tertiary/aromatic N) is 1. The first-order valence-corrected chi connectivity index (χ1v) is 8.92. The Balaban J connectivity index is 1.77. The molecule has 4 nitrogen and oxygen atoms in total. The molecule has 0 aliphatic carbocycles. The molecule has 0 aliphatic heterocycles. The van der Waals surface area contributed by atoms with Crippen LogP contribution in [0, 0.1) is 0 Å². The number of ether oxygens (including phenoxy) is 1. The largest absolute Gasteiger partial charge is 0.420 e. The Morgan fingerprint density at radius 1 is 1.12 bits per heavy atom. The zero-order chi connectivity index (χ0) is 17.1. The highest BCUT2D eigenvalue weighted by atomic mass is 35.5. The number of aromatic nitrogens is 2. The van der Waals surface area contributed by atoms with Crippen molar-refractivity contribution in [2.24, 2.45) is 0 Å². The molecular formula is C17H12Cl2N2O2S. The van der Waals surface area contributed by atoms with E-state index >= 15 is 0 Å². The van der Waals surface area contributed by atoms with Crippen molar-refractivity contribution in [1.29, 1.82) is 0 Å². The molecule has 24 heavy (non-hydrogen) atoms. The summed E-state index contributed by atoms with van der Waals surface area (Å²) in [5.74, 6) is -0.328. The van der Waals surface area contributed by atoms with Crippen LogP contribution in [0.2, 0.25) is 10.0 Å². The van der Waals surface area contributed by atoms with Crippen molar-refractivity contribution in [2.75, 3.05) is 6.26 Å². The molecule has 1 N–H and O–H groups in total. The summed E-state index contributed by atoms with van der Waals surface area (Å²) in [6.45, 7) is 0. The second kappa shape index (κ2) is 7.30. The second-order valence-corrected chi connectivity index (χ2v) is 6.58. The molecule has 0 amide bonds. The van der Waals surface area contributed by atoms with Gasteiger partial charge in [-0.2, -0.15) is 5.10 Å². The number of rotatable bonds is 4. The number of benzene rings is 2. The van der Waals surface area contributed by atoms with Crippen molar-refractivity contribution in [3.63, 3.8) is 0 Å². The number of carbonyl (C=O) groups excluding carboxylic acids is 1. The van der Waals surface area contributed by atoms with Crippen LogP contribution >= 0.6 is 35.0 Å². The van der Waals surface area contributed by atoms with Gasteiger partial charge in [-0.05, 0) is 42.7 Å². The van der Waals surface area contributed by atoms with Crippen molar-refractivity contribution in [3.8, 4) is 17.0 Å². The van der Waals surface area contributed by atoms with E-state index in [1.807, 2.05) is 30.5 Å². The van der Waals surface area contributed by atoms with E-state index in [2.05, 4.69) is 10.2 Å². The molecule has 0 saturated heterocycles. The fraction of sp³-hybridized carbons (Fsp3) is 0.0588. The number of hydrogen-bond donors (Lipinski definition) is 1. The standard InChI is InChI=1S/C17H12Cl2N2O2S/c1-24-12-5-2-10(3-6-12)14-9-15(21-20-14)17(22)23-16-7-4-11(18)8-13(16)19/h2-9H,1H3,(H,20,21). The number of H-pyrrole nitrogens is 1. The first kappa shape index (κ1) is 16.9. The highest BCUT2D eigenvalue weighted by molar-refractivity contribution is 7.98. The van der Waals surface area contributed by atoms with Gasteiger partial charge in [-0.15, -0.1) is 11.8 Å². The molecule has 3 aromatic rings. The minimum Gasteiger partial charge on any atom is -0.420 e. The molecule has 0 aliphatic rings. The third-order valence-electron chi connectivity index (χ3n) is 3.28. The van der Waals surface area contributed by atoms with Gasteiger partial charge >= 0.3 is 5.97 Å². The summed E-state index contributed by atoms with van der Waals surface area (Å²) in [5.41, 5.74) is 1.81. The van der Waals surface area contributed by atoms with Gasteiger partial charge in [-0.3, -0.25) is 5.10 Å². The fourth-order valence-corrected chi connectivity index (χ4v) is 2.90. The Hall–Kier alpha value is -1.95. The van der Waals surface area contributed by atoms with Crippen LogP contribution in [-0.4, -0.2) is 22.4 Å². The predicted octanol–water partition coefficient (Wildman–Crippen LogP) is 5.32. The SMILES string of the molecule is CSc1ccc(-c2cc(C(=O)Oc3ccc(Cl)cc3Cl)[nH]n2)cc1. The molecule has 0 radical (unpaired) electrons. The highest BCUT2D eigenvalue weighted by Gasteiger charge is 2.15. The Morgan fingerprint density at radius 2 is 1.88 bits per heavy atom. The van der Waals surface area contributed by atoms with Crippen LogP contribution in [0.15, 0.2) is 53.4 Å². The summed E-state index contributed by atoms with van der Waals surface area (Å²) in [6.07, 6.45) is 2.01. The van der Waals surface area contributed by atoms with Crippen molar-refractivity contribution >= 4 is 40.9 Å². The normalized spacial score (nSPS) is 10.6. The van der Waals surface area contributed by atoms with Crippen LogP contribution in [0.25, 0.3) is 11.3 Å². The van der Waals surface area contributed by atoms with E-state index in [4.69, 9.17) is 27.9 Å². The Morgan fingerprint density at radius 3 is 2.54 bits per heavy atom. The van der Waals surface area contributed by atoms with Crippen molar-refractivity contribution in [1.82, 2.24) is 10.2 Å². The first-order valence-electron chi connectivity index (χ1n) is 6.94. The van der Waals surface area contributed by atoms with E-state index in [0.29, 0.717) is 10.7 Å². The number of aromatic amines is 1. The van der Waals surface area contributed by atoms with Crippen LogP contribution in [-0.2, 0) is 0 Å². The number of hydrogen-bond acceptors (Lipinski definition) is 4. The van der Waals surface area contributed by atoms with Crippen LogP contribution in [0.3, 0.4) is 0 Å². The number of halogens is 2. The Bertz CT molecular complexity index is 879. The topological polar surface area (TPSA) is 55.0 Å². The Kier molecular flexibility index (Phi) is 5.14. The van der Waals surface area contributed by atoms with Crippen molar-refractivity contribution in [3.05, 3.63) is 64.3 Å². The summed E-state index contributed by atoms with van der Waals surface area (Å²) >= 11 is 13.5. The minimum atomic E-state index is -0.571. The number of carbonyl (C=O) groups is 1. The molecular weight excluding hydrogens is 367 g/mol. The van der Waals surface area contributed by atoms with Gasteiger partial charge in [0.1, 0.15) is 11.4 Å². The van der Waals surface area contributed by atoms with E-state index in [-0.39, 0.29) is 16.5 Å². The maximum absolute atomic E-state index is 12.2. The molecule has 0 saturated carbocycles. The van der Waals surface area contributed by atoms with Gasteiger partial charge in [0, 0.05) is 15.5 Å². The smallest absolute Gasteiger partial charge is 0.361 e. The average molecular weight is 379 g/mol. The minimum absolute atomic E-state index is 0.241. The molecule has 0 spiro atoms. The van der Waals surface area contributed by atoms with E-state index in [9.17, 15) is 4.79 Å². The third kappa shape index (κ3) is 3.75. The van der Waals surface area contributed by atoms with Crippen molar-refractivity contribution in [2.45, 2.75) is 4.90 Å². The zero-order valence-corrected chi connectivity index (χ0v) is 14.9. The van der Waals surface area contributed by atoms with Gasteiger partial charge in [0.05, 0.1) is 10.7 Å². The number of thioether (sulfide) groups is 1. The molecule has 1 aromatic heterocycles. The molecule has 122 valence electrons. The van der Waals surface area contributed by atoms with E-state index in [1.54, 1.807) is 30.0 Å². The lowest BCUT2D eigenvalue weighted by atomic mass is 10.1. The highest BCUT2D eigenvalue weighted by Crippen LogP contribution is 2.28. The van der Waals surface area contributed by atoms with Crippen LogP contribution in [0.1, 0.15) is 10.5 Å². The summed E-state index contributed by atoms with van der Waals surface area (Å²) < 4.78 is 5.27. The molecule has 2 aromatic carbocycles. The predicted molar refractivity (Wildman–Crippen MR) is 97.2 cm³/mol. The molecule has 0 fully saturated rings. The summed E-state index contributed by atoms with van der Waals surface area (Å²) in [5, 5.41) is 7.58. The molecule has 7 heteroatoms. The van der Waals surface area contributed by atoms with Gasteiger partial charge in [0.15, 0.2) is 0 Å². The fourth-order valence-electron chi connectivity index (χ4n) is 2.05. The van der Waals surface area contributed by atoms with Gasteiger partial charge < -0.3 is 4.74 Å². The maximum Gasteiger partial charge on any atom is 0.361 e. The lowest BCUT2D eigenvalue weighted by molar-refractivity contribution is 0.0728. The average Bonchev–Trinajstić information content (AvgIpc) is 3.07. The van der Waals surface area contributed by atoms with Crippen LogP contribution in [0.5, 0.6) is 5.75 Å². The molecule has 1 heterocycles. The van der Waals surface area contributed by atoms with E-state index in [0.717, 1.165) is 10.5 Å². The van der Waals surface area contributed by atoms with Crippen LogP contribution in [0.4, 0.5) is 0 Å². The van der Waals surface area contributed by atoms with Gasteiger partial charge in [0.25, 0.3) is 0 Å². The lowest BCUT2D eigenvalue weighted by Crippen LogP contribution is -2.09. The third-order valence-corrected chi connectivity index (χ3v) is 4.55. The van der Waals surface area contributed by atoms with Gasteiger partial charge in [-0.1, -0.05) is 35.3 Å². The first-order chi connectivity index (χ1) is 11.6. The molecule has 0 bridgehead atoms. The van der Waals surface area contributed by atoms with E-state index < -0.39 is 5.97 Å². The lowest BCUT2D eigenvalue weighted by Gasteiger charge is -2.04. The molecule has 0 unspecified atom stereocenters. The summed E-state index contributed by atoms with van der Waals surface area (Å²) in [6, 6.07) is 14.2. The monoisotopic (exact) mass is 378 g/mol. The molecule has 0 atom stereocenters. The number of esters is 1. The van der Waals surface area contributed by atoms with E-state index in [1.165, 1.54) is 6.07 Å². The molecule has 3 rings (SSSR count). The number of nitrogens with one attached hydrogen (secondary N) is 1. The second-order valence-electron chi connectivity index (χ2n) is 4.86. The van der Waals surface area contributed by atoms with Crippen LogP contribution < -0.4 is 4.74 Å². The summed E-state index contributed by atoms with van der Waals surface area (Å²) in [7, 11) is 0. The quantitative estimate of drug-likeness (QED) is 0.379. The maximum atomic E-state index is 12.2.